The van der Waals surface area contributed by atoms with E-state index in [1.165, 1.54) is 6.92 Å². The first kappa shape index (κ1) is 14.4. The minimum atomic E-state index is -0.837. The Kier molecular flexibility index (Phi) is 6.91. The highest BCUT2D eigenvalue weighted by Gasteiger charge is 2.07. The van der Waals surface area contributed by atoms with E-state index >= 15 is 0 Å². The molecule has 0 aliphatic heterocycles. The highest BCUT2D eigenvalue weighted by Crippen LogP contribution is 2.03. The van der Waals surface area contributed by atoms with Gasteiger partial charge in [-0.3, -0.25) is 14.4 Å². The third-order valence-electron chi connectivity index (χ3n) is 2.00. The number of carboxylic acids is 1. The average molecular weight is 230 g/mol. The van der Waals surface area contributed by atoms with Crippen molar-refractivity contribution in [3.63, 3.8) is 0 Å². The number of rotatable bonds is 7. The Morgan fingerprint density at radius 1 is 1.25 bits per heavy atom. The molecule has 0 fully saturated rings. The van der Waals surface area contributed by atoms with Crippen molar-refractivity contribution < 1.29 is 19.5 Å². The second-order valence-electron chi connectivity index (χ2n) is 3.75. The number of hydrogen-bond donors (Lipinski definition) is 3. The molecule has 0 heterocycles. The van der Waals surface area contributed by atoms with Crippen LogP contribution in [0.3, 0.4) is 0 Å². The first-order valence-corrected chi connectivity index (χ1v) is 5.14. The van der Waals surface area contributed by atoms with Gasteiger partial charge in [0.1, 0.15) is 0 Å². The molecule has 6 nitrogen and oxygen atoms in total. The zero-order valence-corrected chi connectivity index (χ0v) is 9.58. The fourth-order valence-electron chi connectivity index (χ4n) is 1.03. The number of amides is 2. The zero-order valence-electron chi connectivity index (χ0n) is 9.58. The van der Waals surface area contributed by atoms with Crippen molar-refractivity contribution in [1.29, 1.82) is 0 Å². The molecule has 0 aliphatic rings. The van der Waals surface area contributed by atoms with Crippen LogP contribution >= 0.6 is 0 Å². The molecule has 1 atom stereocenters. The van der Waals surface area contributed by atoms with Gasteiger partial charge in [0.15, 0.2) is 0 Å². The molecular weight excluding hydrogens is 212 g/mol. The van der Waals surface area contributed by atoms with E-state index in [-0.39, 0.29) is 30.7 Å². The summed E-state index contributed by atoms with van der Waals surface area (Å²) < 4.78 is 0. The SMILES string of the molecule is CC(=O)NCC(=O)NCC(C)CCC(=O)O. The Morgan fingerprint density at radius 2 is 1.88 bits per heavy atom. The third-order valence-corrected chi connectivity index (χ3v) is 2.00. The van der Waals surface area contributed by atoms with Gasteiger partial charge in [-0.1, -0.05) is 6.92 Å². The lowest BCUT2D eigenvalue weighted by atomic mass is 10.1. The number of carbonyl (C=O) groups is 3. The summed E-state index contributed by atoms with van der Waals surface area (Å²) >= 11 is 0. The smallest absolute Gasteiger partial charge is 0.303 e. The van der Waals surface area contributed by atoms with Gasteiger partial charge < -0.3 is 15.7 Å². The summed E-state index contributed by atoms with van der Waals surface area (Å²) in [6.07, 6.45) is 0.623. The summed E-state index contributed by atoms with van der Waals surface area (Å²) in [6, 6.07) is 0. The van der Waals surface area contributed by atoms with E-state index in [4.69, 9.17) is 5.11 Å². The molecule has 0 aromatic heterocycles. The molecule has 92 valence electrons. The lowest BCUT2D eigenvalue weighted by Gasteiger charge is -2.11. The largest absolute Gasteiger partial charge is 0.481 e. The summed E-state index contributed by atoms with van der Waals surface area (Å²) in [6.45, 7) is 3.58. The van der Waals surface area contributed by atoms with Gasteiger partial charge in [0.25, 0.3) is 0 Å². The Balaban J connectivity index is 3.58. The topological polar surface area (TPSA) is 95.5 Å². The minimum Gasteiger partial charge on any atom is -0.481 e. The predicted octanol–water partition coefficient (Wildman–Crippen LogP) is -0.260. The molecule has 0 radical (unpaired) electrons. The summed E-state index contributed by atoms with van der Waals surface area (Å²) in [5.41, 5.74) is 0. The van der Waals surface area contributed by atoms with Crippen LogP contribution in [-0.2, 0) is 14.4 Å². The fraction of sp³-hybridized carbons (Fsp3) is 0.700. The van der Waals surface area contributed by atoms with E-state index < -0.39 is 5.97 Å². The molecule has 0 bridgehead atoms. The van der Waals surface area contributed by atoms with Crippen LogP contribution in [0.2, 0.25) is 0 Å². The van der Waals surface area contributed by atoms with Gasteiger partial charge in [0.05, 0.1) is 6.54 Å². The molecule has 6 heteroatoms. The van der Waals surface area contributed by atoms with Gasteiger partial charge in [-0.05, 0) is 12.3 Å². The van der Waals surface area contributed by atoms with Gasteiger partial charge in [-0.15, -0.1) is 0 Å². The molecule has 16 heavy (non-hydrogen) atoms. The standard InChI is InChI=1S/C10H18N2O4/c1-7(3-4-10(15)16)5-12-9(14)6-11-8(2)13/h7H,3-6H2,1-2H3,(H,11,13)(H,12,14)(H,15,16). The molecular formula is C10H18N2O4. The van der Waals surface area contributed by atoms with Gasteiger partial charge in [0.2, 0.25) is 11.8 Å². The van der Waals surface area contributed by atoms with Crippen LogP contribution in [0.1, 0.15) is 26.7 Å². The molecule has 0 aliphatic carbocycles. The van der Waals surface area contributed by atoms with E-state index in [9.17, 15) is 14.4 Å². The fourth-order valence-corrected chi connectivity index (χ4v) is 1.03. The summed E-state index contributed by atoms with van der Waals surface area (Å²) in [5, 5.41) is 13.4. The number of carbonyl (C=O) groups excluding carboxylic acids is 2. The van der Waals surface area contributed by atoms with Crippen LogP contribution in [0.25, 0.3) is 0 Å². The third kappa shape index (κ3) is 8.98. The molecule has 0 spiro atoms. The minimum absolute atomic E-state index is 0.0407. The van der Waals surface area contributed by atoms with Crippen molar-refractivity contribution >= 4 is 17.8 Å². The maximum absolute atomic E-state index is 11.1. The molecule has 2 amide bonds. The van der Waals surface area contributed by atoms with Crippen molar-refractivity contribution in [3.05, 3.63) is 0 Å². The lowest BCUT2D eigenvalue weighted by Crippen LogP contribution is -2.37. The summed E-state index contributed by atoms with van der Waals surface area (Å²) in [7, 11) is 0. The Morgan fingerprint density at radius 3 is 2.38 bits per heavy atom. The number of nitrogens with one attached hydrogen (secondary N) is 2. The molecule has 0 rings (SSSR count). The maximum atomic E-state index is 11.1. The van der Waals surface area contributed by atoms with E-state index in [0.29, 0.717) is 13.0 Å². The van der Waals surface area contributed by atoms with E-state index in [1.807, 2.05) is 6.92 Å². The molecule has 0 aromatic carbocycles. The van der Waals surface area contributed by atoms with E-state index in [2.05, 4.69) is 10.6 Å². The lowest BCUT2D eigenvalue weighted by molar-refractivity contribution is -0.137. The van der Waals surface area contributed by atoms with Gasteiger partial charge in [-0.2, -0.15) is 0 Å². The first-order valence-electron chi connectivity index (χ1n) is 5.14. The van der Waals surface area contributed by atoms with Crippen molar-refractivity contribution in [2.24, 2.45) is 5.92 Å². The summed E-state index contributed by atoms with van der Waals surface area (Å²) in [4.78, 5) is 31.9. The van der Waals surface area contributed by atoms with Crippen molar-refractivity contribution in [1.82, 2.24) is 10.6 Å². The van der Waals surface area contributed by atoms with E-state index in [0.717, 1.165) is 0 Å². The Labute approximate surface area is 94.4 Å². The number of carboxylic acid groups (broad SMARTS) is 1. The van der Waals surface area contributed by atoms with Crippen LogP contribution in [0.15, 0.2) is 0 Å². The number of hydrogen-bond acceptors (Lipinski definition) is 3. The highest BCUT2D eigenvalue weighted by atomic mass is 16.4. The van der Waals surface area contributed by atoms with Gasteiger partial charge in [-0.25, -0.2) is 0 Å². The average Bonchev–Trinajstić information content (AvgIpc) is 2.20. The number of aliphatic carboxylic acids is 1. The maximum Gasteiger partial charge on any atom is 0.303 e. The monoisotopic (exact) mass is 230 g/mol. The Hall–Kier alpha value is -1.59. The van der Waals surface area contributed by atoms with Crippen LogP contribution in [0, 0.1) is 5.92 Å². The van der Waals surface area contributed by atoms with Crippen molar-refractivity contribution in [3.8, 4) is 0 Å². The molecule has 0 saturated carbocycles. The van der Waals surface area contributed by atoms with Crippen molar-refractivity contribution in [2.75, 3.05) is 13.1 Å². The molecule has 1 unspecified atom stereocenters. The molecule has 0 aromatic rings. The normalized spacial score (nSPS) is 11.6. The second-order valence-corrected chi connectivity index (χ2v) is 3.75. The van der Waals surface area contributed by atoms with Gasteiger partial charge in [0, 0.05) is 19.9 Å². The van der Waals surface area contributed by atoms with Crippen molar-refractivity contribution in [2.45, 2.75) is 26.7 Å². The van der Waals surface area contributed by atoms with Crippen LogP contribution in [0.5, 0.6) is 0 Å². The first-order chi connectivity index (χ1) is 7.41. The highest BCUT2D eigenvalue weighted by molar-refractivity contribution is 5.83. The molecule has 3 N–H and O–H groups in total. The summed E-state index contributed by atoms with van der Waals surface area (Å²) in [5.74, 6) is -1.25. The van der Waals surface area contributed by atoms with Crippen LogP contribution in [0.4, 0.5) is 0 Å². The second kappa shape index (κ2) is 7.67. The zero-order chi connectivity index (χ0) is 12.6. The van der Waals surface area contributed by atoms with Gasteiger partial charge >= 0.3 is 5.97 Å². The molecule has 0 saturated heterocycles. The quantitative estimate of drug-likeness (QED) is 0.561. The van der Waals surface area contributed by atoms with Crippen LogP contribution in [-0.4, -0.2) is 36.0 Å². The predicted molar refractivity (Wildman–Crippen MR) is 57.7 cm³/mol. The van der Waals surface area contributed by atoms with E-state index in [1.54, 1.807) is 0 Å². The Bertz CT molecular complexity index is 266. The van der Waals surface area contributed by atoms with Crippen LogP contribution < -0.4 is 10.6 Å².